The van der Waals surface area contributed by atoms with Gasteiger partial charge in [0, 0.05) is 30.9 Å². The number of nitrogens with one attached hydrogen (secondary N) is 1. The monoisotopic (exact) mass is 309 g/mol. The Balaban J connectivity index is 1.81. The third kappa shape index (κ3) is 2.84. The van der Waals surface area contributed by atoms with Crippen molar-refractivity contribution in [1.82, 2.24) is 14.5 Å². The lowest BCUT2D eigenvalue weighted by Crippen LogP contribution is -2.40. The van der Waals surface area contributed by atoms with Gasteiger partial charge in [0.25, 0.3) is 0 Å². The van der Waals surface area contributed by atoms with Crippen LogP contribution in [-0.4, -0.2) is 24.2 Å². The fraction of sp³-hybridized carbons (Fsp3) is 0.357. The van der Waals surface area contributed by atoms with Crippen LogP contribution in [-0.2, 0) is 23.0 Å². The molecule has 2 aromatic rings. The zero-order valence-corrected chi connectivity index (χ0v) is 12.4. The van der Waals surface area contributed by atoms with Crippen LogP contribution in [0.25, 0.3) is 0 Å². The molecule has 1 aromatic heterocycles. The van der Waals surface area contributed by atoms with E-state index in [9.17, 15) is 12.8 Å². The third-order valence-electron chi connectivity index (χ3n) is 3.70. The predicted octanol–water partition coefficient (Wildman–Crippen LogP) is 1.62. The molecule has 0 radical (unpaired) electrons. The SMILES string of the molecule is Cc1cc(F)ccc1S(=O)(=O)N[C@@H]1CCn2nccc2C1. The summed E-state index contributed by atoms with van der Waals surface area (Å²) in [5.41, 5.74) is 1.42. The molecule has 0 spiro atoms. The lowest BCUT2D eigenvalue weighted by atomic mass is 10.1. The van der Waals surface area contributed by atoms with Gasteiger partial charge in [0.1, 0.15) is 5.82 Å². The second kappa shape index (κ2) is 5.23. The zero-order chi connectivity index (χ0) is 15.0. The number of hydrogen-bond donors (Lipinski definition) is 1. The molecule has 7 heteroatoms. The quantitative estimate of drug-likeness (QED) is 0.937. The average Bonchev–Trinajstić information content (AvgIpc) is 2.85. The Morgan fingerprint density at radius 3 is 2.95 bits per heavy atom. The van der Waals surface area contributed by atoms with Crippen LogP contribution in [0.3, 0.4) is 0 Å². The molecule has 1 N–H and O–H groups in total. The normalized spacial score (nSPS) is 18.5. The van der Waals surface area contributed by atoms with Gasteiger partial charge < -0.3 is 0 Å². The van der Waals surface area contributed by atoms with Gasteiger partial charge in [-0.25, -0.2) is 17.5 Å². The Morgan fingerprint density at radius 2 is 2.19 bits per heavy atom. The van der Waals surface area contributed by atoms with Gasteiger partial charge in [-0.2, -0.15) is 5.10 Å². The van der Waals surface area contributed by atoms with Crippen molar-refractivity contribution in [3.8, 4) is 0 Å². The van der Waals surface area contributed by atoms with Crippen LogP contribution in [0, 0.1) is 12.7 Å². The van der Waals surface area contributed by atoms with Crippen molar-refractivity contribution in [3.63, 3.8) is 0 Å². The second-order valence-electron chi connectivity index (χ2n) is 5.27. The van der Waals surface area contributed by atoms with Gasteiger partial charge in [0.15, 0.2) is 0 Å². The minimum atomic E-state index is -3.64. The molecule has 0 saturated heterocycles. The van der Waals surface area contributed by atoms with Crippen molar-refractivity contribution < 1.29 is 12.8 Å². The summed E-state index contributed by atoms with van der Waals surface area (Å²) >= 11 is 0. The van der Waals surface area contributed by atoms with E-state index in [1.54, 1.807) is 13.1 Å². The number of hydrogen-bond acceptors (Lipinski definition) is 3. The maximum atomic E-state index is 13.1. The van der Waals surface area contributed by atoms with Crippen molar-refractivity contribution in [2.24, 2.45) is 0 Å². The van der Waals surface area contributed by atoms with Gasteiger partial charge in [-0.1, -0.05) is 0 Å². The minimum Gasteiger partial charge on any atom is -0.269 e. The molecule has 0 bridgehead atoms. The Morgan fingerprint density at radius 1 is 1.38 bits per heavy atom. The Labute approximate surface area is 122 Å². The molecule has 2 heterocycles. The van der Waals surface area contributed by atoms with E-state index in [0.29, 0.717) is 24.9 Å². The summed E-state index contributed by atoms with van der Waals surface area (Å²) in [4.78, 5) is 0.128. The Bertz CT molecular complexity index is 770. The van der Waals surface area contributed by atoms with Crippen molar-refractivity contribution >= 4 is 10.0 Å². The fourth-order valence-electron chi connectivity index (χ4n) is 2.67. The molecular weight excluding hydrogens is 293 g/mol. The average molecular weight is 309 g/mol. The minimum absolute atomic E-state index is 0.128. The first-order chi connectivity index (χ1) is 9.95. The highest BCUT2D eigenvalue weighted by atomic mass is 32.2. The number of halogens is 1. The molecule has 1 aliphatic rings. The molecule has 1 aromatic carbocycles. The molecule has 112 valence electrons. The van der Waals surface area contributed by atoms with E-state index >= 15 is 0 Å². The van der Waals surface area contributed by atoms with Crippen LogP contribution >= 0.6 is 0 Å². The lowest BCUT2D eigenvalue weighted by molar-refractivity contribution is 0.414. The van der Waals surface area contributed by atoms with Gasteiger partial charge in [0.2, 0.25) is 10.0 Å². The van der Waals surface area contributed by atoms with E-state index in [-0.39, 0.29) is 10.9 Å². The largest absolute Gasteiger partial charge is 0.269 e. The van der Waals surface area contributed by atoms with E-state index < -0.39 is 15.8 Å². The van der Waals surface area contributed by atoms with E-state index in [4.69, 9.17) is 0 Å². The van der Waals surface area contributed by atoms with Crippen LogP contribution in [0.15, 0.2) is 35.4 Å². The molecule has 5 nitrogen and oxygen atoms in total. The topological polar surface area (TPSA) is 64.0 Å². The third-order valence-corrected chi connectivity index (χ3v) is 5.38. The number of fused-ring (bicyclic) bond motifs is 1. The number of nitrogens with zero attached hydrogens (tertiary/aromatic N) is 2. The molecule has 0 fully saturated rings. The lowest BCUT2D eigenvalue weighted by Gasteiger charge is -2.24. The fourth-order valence-corrected chi connectivity index (χ4v) is 4.16. The first-order valence-corrected chi connectivity index (χ1v) is 8.23. The number of aryl methyl sites for hydroxylation is 2. The van der Waals surface area contributed by atoms with Gasteiger partial charge >= 0.3 is 0 Å². The summed E-state index contributed by atoms with van der Waals surface area (Å²) < 4.78 is 42.5. The number of aromatic nitrogens is 2. The van der Waals surface area contributed by atoms with Crippen molar-refractivity contribution in [2.45, 2.75) is 37.2 Å². The number of benzene rings is 1. The summed E-state index contributed by atoms with van der Waals surface area (Å²) in [5, 5.41) is 4.17. The van der Waals surface area contributed by atoms with Crippen molar-refractivity contribution in [2.75, 3.05) is 0 Å². The van der Waals surface area contributed by atoms with Crippen LogP contribution in [0.1, 0.15) is 17.7 Å². The maximum Gasteiger partial charge on any atom is 0.241 e. The first kappa shape index (κ1) is 14.2. The summed E-state index contributed by atoms with van der Waals surface area (Å²) in [6.07, 6.45) is 3.02. The highest BCUT2D eigenvalue weighted by molar-refractivity contribution is 7.89. The molecule has 21 heavy (non-hydrogen) atoms. The Hall–Kier alpha value is -1.73. The maximum absolute atomic E-state index is 13.1. The van der Waals surface area contributed by atoms with Gasteiger partial charge in [-0.05, 0) is 43.2 Å². The summed E-state index contributed by atoms with van der Waals surface area (Å²) in [7, 11) is -3.64. The van der Waals surface area contributed by atoms with Gasteiger partial charge in [0.05, 0.1) is 4.90 Å². The standard InChI is InChI=1S/C14H16FN3O2S/c1-10-8-11(15)2-3-14(10)21(19,20)17-12-5-7-18-13(9-12)4-6-16-18/h2-4,6,8,12,17H,5,7,9H2,1H3/t12-/m1/s1. The summed E-state index contributed by atoms with van der Waals surface area (Å²) in [6, 6.07) is 5.43. The first-order valence-electron chi connectivity index (χ1n) is 6.75. The highest BCUT2D eigenvalue weighted by Crippen LogP contribution is 2.19. The predicted molar refractivity (Wildman–Crippen MR) is 75.8 cm³/mol. The van der Waals surface area contributed by atoms with Gasteiger partial charge in [-0.3, -0.25) is 4.68 Å². The van der Waals surface area contributed by atoms with E-state index in [0.717, 1.165) is 11.8 Å². The van der Waals surface area contributed by atoms with Crippen molar-refractivity contribution in [1.29, 1.82) is 0 Å². The molecule has 0 amide bonds. The van der Waals surface area contributed by atoms with Crippen LogP contribution < -0.4 is 4.72 Å². The molecule has 1 atom stereocenters. The summed E-state index contributed by atoms with van der Waals surface area (Å²) in [5.74, 6) is -0.437. The van der Waals surface area contributed by atoms with E-state index in [1.807, 2.05) is 10.7 Å². The second-order valence-corrected chi connectivity index (χ2v) is 6.95. The molecular formula is C14H16FN3O2S. The van der Waals surface area contributed by atoms with Crippen LogP contribution in [0.5, 0.6) is 0 Å². The smallest absolute Gasteiger partial charge is 0.241 e. The van der Waals surface area contributed by atoms with Crippen LogP contribution in [0.2, 0.25) is 0 Å². The number of rotatable bonds is 3. The molecule has 3 rings (SSSR count). The van der Waals surface area contributed by atoms with Crippen LogP contribution in [0.4, 0.5) is 4.39 Å². The molecule has 0 aliphatic carbocycles. The van der Waals surface area contributed by atoms with E-state index in [1.165, 1.54) is 12.1 Å². The van der Waals surface area contributed by atoms with Crippen molar-refractivity contribution in [3.05, 3.63) is 47.5 Å². The highest BCUT2D eigenvalue weighted by Gasteiger charge is 2.25. The molecule has 0 unspecified atom stereocenters. The Kier molecular flexibility index (Phi) is 3.54. The molecule has 0 saturated carbocycles. The van der Waals surface area contributed by atoms with E-state index in [2.05, 4.69) is 9.82 Å². The van der Waals surface area contributed by atoms with Gasteiger partial charge in [-0.15, -0.1) is 0 Å². The summed E-state index contributed by atoms with van der Waals surface area (Å²) in [6.45, 7) is 2.28. The number of sulfonamides is 1. The zero-order valence-electron chi connectivity index (χ0n) is 11.6. The molecule has 1 aliphatic heterocycles.